The van der Waals surface area contributed by atoms with E-state index in [4.69, 9.17) is 4.42 Å². The van der Waals surface area contributed by atoms with Crippen molar-refractivity contribution in [2.24, 2.45) is 5.41 Å². The molecule has 0 unspecified atom stereocenters. The van der Waals surface area contributed by atoms with E-state index in [1.54, 1.807) is 18.2 Å². The molecule has 0 saturated heterocycles. The first-order valence-electron chi connectivity index (χ1n) is 10.6. The van der Waals surface area contributed by atoms with Crippen LogP contribution in [-0.4, -0.2) is 16.9 Å². The smallest absolute Gasteiger partial charge is 0.335 e. The van der Waals surface area contributed by atoms with Crippen LogP contribution in [0, 0.1) is 5.41 Å². The minimum atomic E-state index is -0.989. The first kappa shape index (κ1) is 20.1. The van der Waals surface area contributed by atoms with Crippen LogP contribution >= 0.6 is 0 Å². The van der Waals surface area contributed by atoms with Crippen molar-refractivity contribution in [3.05, 3.63) is 83.3 Å². The molecule has 1 aliphatic carbocycles. The third-order valence-corrected chi connectivity index (χ3v) is 6.03. The number of ketones is 1. The predicted molar refractivity (Wildman–Crippen MR) is 123 cm³/mol. The lowest BCUT2D eigenvalue weighted by atomic mass is 9.74. The Morgan fingerprint density at radius 2 is 1.81 bits per heavy atom. The summed E-state index contributed by atoms with van der Waals surface area (Å²) in [6.45, 7) is 4.21. The summed E-state index contributed by atoms with van der Waals surface area (Å²) < 4.78 is 6.19. The molecule has 2 heterocycles. The molecule has 2 aliphatic rings. The zero-order valence-corrected chi connectivity index (χ0v) is 17.9. The lowest BCUT2D eigenvalue weighted by molar-refractivity contribution is -0.118. The highest BCUT2D eigenvalue weighted by atomic mass is 16.4. The molecule has 5 rings (SSSR count). The fourth-order valence-corrected chi connectivity index (χ4v) is 4.57. The standard InChI is InChI=1S/C26H24N2O4/c1-26(2)13-19-23(20(29)14-26)24(28-18-9-4-3-8-17(18)27-19)22-11-10-21(32-22)15-6-5-7-16(12-15)25(30)31/h3-12,24,27-28H,13-14H2,1-2H3,(H,30,31)/t24-/m0/s1. The number of para-hydroxylation sites is 2. The molecule has 0 spiro atoms. The van der Waals surface area contributed by atoms with E-state index in [0.717, 1.165) is 23.5 Å². The third-order valence-electron chi connectivity index (χ3n) is 6.03. The van der Waals surface area contributed by atoms with Crippen molar-refractivity contribution in [2.45, 2.75) is 32.7 Å². The summed E-state index contributed by atoms with van der Waals surface area (Å²) in [6, 6.07) is 17.7. The molecule has 6 nitrogen and oxygen atoms in total. The lowest BCUT2D eigenvalue weighted by Gasteiger charge is -2.33. The van der Waals surface area contributed by atoms with E-state index in [9.17, 15) is 14.7 Å². The fourth-order valence-electron chi connectivity index (χ4n) is 4.57. The summed E-state index contributed by atoms with van der Waals surface area (Å²) in [5.74, 6) is 0.276. The molecule has 0 bridgehead atoms. The molecule has 6 heteroatoms. The summed E-state index contributed by atoms with van der Waals surface area (Å²) in [4.78, 5) is 24.6. The number of carbonyl (C=O) groups is 2. The average molecular weight is 428 g/mol. The largest absolute Gasteiger partial charge is 0.478 e. The van der Waals surface area contributed by atoms with E-state index in [1.807, 2.05) is 42.5 Å². The Hall–Kier alpha value is -3.80. The average Bonchev–Trinajstić information content (AvgIpc) is 3.17. The van der Waals surface area contributed by atoms with E-state index >= 15 is 0 Å². The van der Waals surface area contributed by atoms with Gasteiger partial charge in [0, 0.05) is 23.3 Å². The molecule has 0 amide bonds. The topological polar surface area (TPSA) is 91.6 Å². The zero-order chi connectivity index (χ0) is 22.5. The number of nitrogens with one attached hydrogen (secondary N) is 2. The SMILES string of the molecule is CC1(C)CC(=O)C2=C(C1)Nc1ccccc1N[C@H]2c1ccc(-c2cccc(C(=O)O)c2)o1. The van der Waals surface area contributed by atoms with Gasteiger partial charge in [-0.05, 0) is 48.2 Å². The highest BCUT2D eigenvalue weighted by Gasteiger charge is 2.39. The third kappa shape index (κ3) is 3.58. The van der Waals surface area contributed by atoms with Gasteiger partial charge in [0.15, 0.2) is 5.78 Å². The van der Waals surface area contributed by atoms with Crippen LogP contribution in [0.4, 0.5) is 11.4 Å². The molecule has 0 saturated carbocycles. The molecule has 32 heavy (non-hydrogen) atoms. The number of allylic oxidation sites excluding steroid dienone is 1. The maximum absolute atomic E-state index is 13.3. The molecule has 3 aromatic rings. The van der Waals surface area contributed by atoms with Gasteiger partial charge in [-0.2, -0.15) is 0 Å². The van der Waals surface area contributed by atoms with Crippen LogP contribution in [0.5, 0.6) is 0 Å². The van der Waals surface area contributed by atoms with Crippen LogP contribution in [0.25, 0.3) is 11.3 Å². The van der Waals surface area contributed by atoms with Gasteiger partial charge in [-0.25, -0.2) is 4.79 Å². The fraction of sp³-hybridized carbons (Fsp3) is 0.231. The molecular weight excluding hydrogens is 404 g/mol. The Bertz CT molecular complexity index is 1270. The number of benzene rings is 2. The van der Waals surface area contributed by atoms with Gasteiger partial charge in [-0.15, -0.1) is 0 Å². The molecule has 3 N–H and O–H groups in total. The maximum atomic E-state index is 13.3. The van der Waals surface area contributed by atoms with Crippen molar-refractivity contribution in [1.29, 1.82) is 0 Å². The summed E-state index contributed by atoms with van der Waals surface area (Å²) >= 11 is 0. The highest BCUT2D eigenvalue weighted by molar-refractivity contribution is 6.01. The van der Waals surface area contributed by atoms with Crippen molar-refractivity contribution < 1.29 is 19.1 Å². The van der Waals surface area contributed by atoms with Crippen LogP contribution in [0.3, 0.4) is 0 Å². The molecule has 0 radical (unpaired) electrons. The second-order valence-electron chi connectivity index (χ2n) is 9.17. The minimum absolute atomic E-state index is 0.0971. The maximum Gasteiger partial charge on any atom is 0.335 e. The Labute approximate surface area is 186 Å². The van der Waals surface area contributed by atoms with E-state index in [1.165, 1.54) is 0 Å². The summed E-state index contributed by atoms with van der Waals surface area (Å²) in [7, 11) is 0. The van der Waals surface area contributed by atoms with Gasteiger partial charge in [-0.3, -0.25) is 4.79 Å². The zero-order valence-electron chi connectivity index (χ0n) is 17.9. The normalized spacial score (nSPS) is 19.3. The molecule has 2 aromatic carbocycles. The second kappa shape index (κ2) is 7.41. The van der Waals surface area contributed by atoms with Crippen molar-refractivity contribution in [3.8, 4) is 11.3 Å². The number of furan rings is 1. The predicted octanol–water partition coefficient (Wildman–Crippen LogP) is 5.87. The minimum Gasteiger partial charge on any atom is -0.478 e. The summed E-state index contributed by atoms with van der Waals surface area (Å²) in [5.41, 5.74) is 4.17. The van der Waals surface area contributed by atoms with Gasteiger partial charge in [0.1, 0.15) is 17.6 Å². The number of anilines is 2. The van der Waals surface area contributed by atoms with Gasteiger partial charge in [0.05, 0.1) is 16.9 Å². The lowest BCUT2D eigenvalue weighted by Crippen LogP contribution is -2.31. The Morgan fingerprint density at radius 1 is 1.03 bits per heavy atom. The Balaban J connectivity index is 1.60. The number of fused-ring (bicyclic) bond motifs is 1. The molecule has 1 aromatic heterocycles. The summed E-state index contributed by atoms with van der Waals surface area (Å²) in [5, 5.41) is 16.3. The van der Waals surface area contributed by atoms with Crippen LogP contribution in [-0.2, 0) is 4.79 Å². The quantitative estimate of drug-likeness (QED) is 0.483. The molecule has 1 atom stereocenters. The monoisotopic (exact) mass is 428 g/mol. The first-order valence-corrected chi connectivity index (χ1v) is 10.6. The van der Waals surface area contributed by atoms with Crippen LogP contribution < -0.4 is 10.6 Å². The van der Waals surface area contributed by atoms with Gasteiger partial charge in [-0.1, -0.05) is 38.1 Å². The van der Waals surface area contributed by atoms with E-state index in [-0.39, 0.29) is 16.8 Å². The van der Waals surface area contributed by atoms with Crippen molar-refractivity contribution >= 4 is 23.1 Å². The van der Waals surface area contributed by atoms with Gasteiger partial charge < -0.3 is 20.2 Å². The van der Waals surface area contributed by atoms with E-state index in [0.29, 0.717) is 29.1 Å². The molecule has 1 aliphatic heterocycles. The molecular formula is C26H24N2O4. The number of aromatic carboxylic acids is 1. The molecule has 162 valence electrons. The van der Waals surface area contributed by atoms with Gasteiger partial charge in [0.2, 0.25) is 0 Å². The van der Waals surface area contributed by atoms with Crippen LogP contribution in [0.2, 0.25) is 0 Å². The number of hydrogen-bond acceptors (Lipinski definition) is 5. The molecule has 0 fully saturated rings. The van der Waals surface area contributed by atoms with Crippen molar-refractivity contribution in [1.82, 2.24) is 0 Å². The van der Waals surface area contributed by atoms with Crippen molar-refractivity contribution in [3.63, 3.8) is 0 Å². The number of carbonyl (C=O) groups excluding carboxylic acids is 1. The highest BCUT2D eigenvalue weighted by Crippen LogP contribution is 2.46. The second-order valence-corrected chi connectivity index (χ2v) is 9.17. The number of Topliss-reactive ketones (excluding diaryl/α,β-unsaturated/α-hetero) is 1. The Morgan fingerprint density at radius 3 is 2.59 bits per heavy atom. The summed E-state index contributed by atoms with van der Waals surface area (Å²) in [6.07, 6.45) is 1.23. The van der Waals surface area contributed by atoms with Gasteiger partial charge >= 0.3 is 5.97 Å². The Kier molecular flexibility index (Phi) is 4.66. The number of rotatable bonds is 3. The number of carboxylic acid groups (broad SMARTS) is 1. The van der Waals surface area contributed by atoms with Crippen molar-refractivity contribution in [2.75, 3.05) is 10.6 Å². The van der Waals surface area contributed by atoms with Crippen LogP contribution in [0.1, 0.15) is 48.8 Å². The van der Waals surface area contributed by atoms with E-state index in [2.05, 4.69) is 24.5 Å². The van der Waals surface area contributed by atoms with Gasteiger partial charge in [0.25, 0.3) is 0 Å². The van der Waals surface area contributed by atoms with Crippen LogP contribution in [0.15, 0.2) is 76.4 Å². The first-order chi connectivity index (χ1) is 15.3. The van der Waals surface area contributed by atoms with E-state index < -0.39 is 12.0 Å². The number of hydrogen-bond donors (Lipinski definition) is 3. The number of carboxylic acids is 1.